The van der Waals surface area contributed by atoms with Crippen LogP contribution in [0.15, 0.2) is 51.7 Å². The summed E-state index contributed by atoms with van der Waals surface area (Å²) in [6.45, 7) is 0.370. The van der Waals surface area contributed by atoms with E-state index in [9.17, 15) is 19.6 Å². The number of hydrogen-bond acceptors (Lipinski definition) is 5. The molecule has 0 saturated carbocycles. The van der Waals surface area contributed by atoms with E-state index in [2.05, 4.69) is 26.6 Å². The van der Waals surface area contributed by atoms with Crippen molar-refractivity contribution >= 4 is 27.9 Å². The molecular weight excluding hydrogens is 394 g/mol. The van der Waals surface area contributed by atoms with Crippen LogP contribution >= 0.6 is 15.9 Å². The van der Waals surface area contributed by atoms with Crippen LogP contribution < -0.4 is 16.2 Å². The van der Waals surface area contributed by atoms with Gasteiger partial charge >= 0.3 is 6.09 Å². The van der Waals surface area contributed by atoms with Gasteiger partial charge in [0.25, 0.3) is 11.5 Å². The first kappa shape index (κ1) is 18.5. The Morgan fingerprint density at radius 3 is 2.48 bits per heavy atom. The molecule has 0 spiro atoms. The molecule has 0 radical (unpaired) electrons. The Kier molecular flexibility index (Phi) is 6.58. The third-order valence-corrected chi connectivity index (χ3v) is 3.65. The molecule has 0 atom stereocenters. The summed E-state index contributed by atoms with van der Waals surface area (Å²) in [5.41, 5.74) is -0.0516. The fourth-order valence-corrected chi connectivity index (χ4v) is 2.13. The molecule has 1 aromatic carbocycles. The van der Waals surface area contributed by atoms with E-state index in [0.717, 1.165) is 16.1 Å². The number of alkyl carbamates (subject to hydrolysis) is 1. The lowest BCUT2D eigenvalue weighted by molar-refractivity contribution is 0.0890. The first-order chi connectivity index (χ1) is 12.0. The van der Waals surface area contributed by atoms with Crippen molar-refractivity contribution in [3.8, 4) is 0 Å². The van der Waals surface area contributed by atoms with Crippen molar-refractivity contribution in [1.29, 1.82) is 0 Å². The molecule has 25 heavy (non-hydrogen) atoms. The number of nitrogens with one attached hydrogen (secondary N) is 2. The predicted octanol–water partition coefficient (Wildman–Crippen LogP) is 1.50. The Bertz CT molecular complexity index is 804. The van der Waals surface area contributed by atoms with Crippen LogP contribution in [0.25, 0.3) is 0 Å². The summed E-state index contributed by atoms with van der Waals surface area (Å²) in [6.07, 6.45) is -0.615. The predicted molar refractivity (Wildman–Crippen MR) is 92.5 cm³/mol. The summed E-state index contributed by atoms with van der Waals surface area (Å²) in [7, 11) is 0. The minimum atomic E-state index is -0.706. The lowest BCUT2D eigenvalue weighted by Gasteiger charge is -2.09. The highest BCUT2D eigenvalue weighted by Gasteiger charge is 2.11. The highest BCUT2D eigenvalue weighted by Crippen LogP contribution is 2.11. The standard InChI is InChI=1S/C16H16BrN3O5/c17-12-6-4-11(5-7-12)10-25-16(23)19-9-8-18-15(22)13-2-1-3-14(21)20(13)24/h1-7,24H,8-10H2,(H,18,22)(H,19,23). The average Bonchev–Trinajstić information content (AvgIpc) is 2.60. The minimum absolute atomic E-state index is 0.106. The second kappa shape index (κ2) is 8.88. The number of amides is 2. The molecule has 132 valence electrons. The van der Waals surface area contributed by atoms with Gasteiger partial charge in [0.15, 0.2) is 0 Å². The summed E-state index contributed by atoms with van der Waals surface area (Å²) in [4.78, 5) is 34.6. The van der Waals surface area contributed by atoms with Crippen LogP contribution in [0.3, 0.4) is 0 Å². The number of hydrogen-bond donors (Lipinski definition) is 3. The second-order valence-electron chi connectivity index (χ2n) is 4.95. The van der Waals surface area contributed by atoms with Gasteiger partial charge in [0.1, 0.15) is 12.3 Å². The van der Waals surface area contributed by atoms with Gasteiger partial charge in [-0.2, -0.15) is 0 Å². The minimum Gasteiger partial charge on any atom is -0.445 e. The first-order valence-electron chi connectivity index (χ1n) is 7.32. The van der Waals surface area contributed by atoms with Crippen LogP contribution in [0.4, 0.5) is 4.79 Å². The maximum absolute atomic E-state index is 11.8. The van der Waals surface area contributed by atoms with Gasteiger partial charge in [0, 0.05) is 23.6 Å². The third-order valence-electron chi connectivity index (χ3n) is 3.13. The van der Waals surface area contributed by atoms with Crippen LogP contribution in [0, 0.1) is 0 Å². The molecule has 1 heterocycles. The van der Waals surface area contributed by atoms with Crippen LogP contribution in [0.2, 0.25) is 0 Å². The number of nitrogens with zero attached hydrogens (tertiary/aromatic N) is 1. The summed E-state index contributed by atoms with van der Waals surface area (Å²) in [6, 6.07) is 11.1. The maximum atomic E-state index is 11.8. The van der Waals surface area contributed by atoms with Crippen LogP contribution in [-0.4, -0.2) is 35.0 Å². The Labute approximate surface area is 151 Å². The van der Waals surface area contributed by atoms with E-state index in [1.807, 2.05) is 24.3 Å². The van der Waals surface area contributed by atoms with Gasteiger partial charge in [0.05, 0.1) is 0 Å². The Balaban J connectivity index is 1.69. The van der Waals surface area contributed by atoms with Crippen LogP contribution in [0.1, 0.15) is 16.1 Å². The number of carbonyl (C=O) groups excluding carboxylic acids is 2. The summed E-state index contributed by atoms with van der Waals surface area (Å²) in [5, 5.41) is 14.4. The van der Waals surface area contributed by atoms with Crippen molar-refractivity contribution in [2.45, 2.75) is 6.61 Å². The topological polar surface area (TPSA) is 110 Å². The molecule has 9 heteroatoms. The van der Waals surface area contributed by atoms with Gasteiger partial charge in [-0.25, -0.2) is 4.79 Å². The number of rotatable bonds is 6. The Morgan fingerprint density at radius 1 is 1.08 bits per heavy atom. The molecule has 8 nitrogen and oxygen atoms in total. The van der Waals surface area contributed by atoms with Crippen molar-refractivity contribution in [3.05, 3.63) is 68.5 Å². The van der Waals surface area contributed by atoms with Crippen molar-refractivity contribution in [1.82, 2.24) is 15.4 Å². The van der Waals surface area contributed by atoms with E-state index in [1.54, 1.807) is 0 Å². The number of pyridine rings is 1. The van der Waals surface area contributed by atoms with Crippen molar-refractivity contribution in [2.24, 2.45) is 0 Å². The maximum Gasteiger partial charge on any atom is 0.407 e. The molecule has 2 aromatic rings. The lowest BCUT2D eigenvalue weighted by Crippen LogP contribution is -2.37. The number of ether oxygens (including phenoxy) is 1. The zero-order chi connectivity index (χ0) is 18.2. The fraction of sp³-hybridized carbons (Fsp3) is 0.188. The SMILES string of the molecule is O=C(NCCNC(=O)c1cccc(=O)n1O)OCc1ccc(Br)cc1. The zero-order valence-corrected chi connectivity index (χ0v) is 14.7. The fourth-order valence-electron chi connectivity index (χ4n) is 1.87. The first-order valence-corrected chi connectivity index (χ1v) is 8.11. The molecule has 2 amide bonds. The molecule has 3 N–H and O–H groups in total. The van der Waals surface area contributed by atoms with Gasteiger partial charge in [-0.05, 0) is 23.8 Å². The van der Waals surface area contributed by atoms with Crippen molar-refractivity contribution < 1.29 is 19.5 Å². The average molecular weight is 410 g/mol. The lowest BCUT2D eigenvalue weighted by atomic mass is 10.2. The number of halogens is 1. The zero-order valence-electron chi connectivity index (χ0n) is 13.1. The van der Waals surface area contributed by atoms with Gasteiger partial charge in [-0.3, -0.25) is 9.59 Å². The summed E-state index contributed by atoms with van der Waals surface area (Å²) in [5.74, 6) is -0.634. The Hall–Kier alpha value is -2.81. The van der Waals surface area contributed by atoms with Gasteiger partial charge in [0.2, 0.25) is 0 Å². The number of benzene rings is 1. The van der Waals surface area contributed by atoms with E-state index in [-0.39, 0.29) is 30.1 Å². The molecule has 0 fully saturated rings. The van der Waals surface area contributed by atoms with E-state index in [1.165, 1.54) is 12.1 Å². The summed E-state index contributed by atoms with van der Waals surface area (Å²) < 4.78 is 6.22. The smallest absolute Gasteiger partial charge is 0.407 e. The van der Waals surface area contributed by atoms with Crippen LogP contribution in [-0.2, 0) is 11.3 Å². The molecule has 0 aliphatic carbocycles. The molecule has 1 aromatic heterocycles. The van der Waals surface area contributed by atoms with E-state index >= 15 is 0 Å². The Morgan fingerprint density at radius 2 is 1.76 bits per heavy atom. The van der Waals surface area contributed by atoms with Gasteiger partial charge < -0.3 is 20.6 Å². The normalized spacial score (nSPS) is 10.1. The second-order valence-corrected chi connectivity index (χ2v) is 5.86. The quantitative estimate of drug-likeness (QED) is 0.494. The van der Waals surface area contributed by atoms with Crippen LogP contribution in [0.5, 0.6) is 0 Å². The van der Waals surface area contributed by atoms with Crippen molar-refractivity contribution in [2.75, 3.05) is 13.1 Å². The largest absolute Gasteiger partial charge is 0.445 e. The molecule has 0 bridgehead atoms. The van der Waals surface area contributed by atoms with Gasteiger partial charge in [-0.15, -0.1) is 4.73 Å². The van der Waals surface area contributed by atoms with Gasteiger partial charge in [-0.1, -0.05) is 34.1 Å². The number of carbonyl (C=O) groups is 2. The van der Waals surface area contributed by atoms with Crippen molar-refractivity contribution in [3.63, 3.8) is 0 Å². The molecule has 0 aliphatic rings. The highest BCUT2D eigenvalue weighted by atomic mass is 79.9. The molecular formula is C16H16BrN3O5. The molecule has 0 aliphatic heterocycles. The number of aromatic nitrogens is 1. The summed E-state index contributed by atoms with van der Waals surface area (Å²) >= 11 is 3.32. The highest BCUT2D eigenvalue weighted by molar-refractivity contribution is 9.10. The molecule has 0 unspecified atom stereocenters. The third kappa shape index (κ3) is 5.64. The molecule has 2 rings (SSSR count). The monoisotopic (exact) mass is 409 g/mol. The molecule has 0 saturated heterocycles. The van der Waals surface area contributed by atoms with E-state index in [4.69, 9.17) is 4.74 Å². The van der Waals surface area contributed by atoms with E-state index < -0.39 is 17.6 Å². The van der Waals surface area contributed by atoms with E-state index in [0.29, 0.717) is 0 Å².